The number of aliphatic hydroxyl groups is 3. The lowest BCUT2D eigenvalue weighted by Gasteiger charge is -2.25. The Kier molecular flexibility index (Phi) is 38.2. The number of hydrogen-bond acceptors (Lipinski definition) is 16. The van der Waals surface area contributed by atoms with Gasteiger partial charge in [-0.2, -0.15) is 0 Å². The summed E-state index contributed by atoms with van der Waals surface area (Å²) in [6.07, 6.45) is 7.39. The van der Waals surface area contributed by atoms with Gasteiger partial charge in [0, 0.05) is 21.3 Å². The second kappa shape index (κ2) is 35.8. The monoisotopic (exact) mass is 804 g/mol. The van der Waals surface area contributed by atoms with Crippen molar-refractivity contribution in [1.29, 1.82) is 0 Å². The Hall–Kier alpha value is -3.18. The van der Waals surface area contributed by atoms with Crippen LogP contribution in [0.15, 0.2) is 0 Å². The van der Waals surface area contributed by atoms with E-state index in [2.05, 4.69) is 49.5 Å². The molecule has 1 heterocycles. The zero-order valence-electron chi connectivity index (χ0n) is 32.9. The summed E-state index contributed by atoms with van der Waals surface area (Å²) < 4.78 is 43.1. The summed E-state index contributed by atoms with van der Waals surface area (Å²) in [5, 5.41) is 29.0. The van der Waals surface area contributed by atoms with Crippen molar-refractivity contribution in [3.63, 3.8) is 0 Å². The molecule has 0 spiro atoms. The Labute approximate surface area is 316 Å². The molecule has 1 atom stereocenters. The van der Waals surface area contributed by atoms with Crippen LogP contribution in [0.1, 0.15) is 41.5 Å². The van der Waals surface area contributed by atoms with Gasteiger partial charge in [-0.05, 0) is 54.9 Å². The lowest BCUT2D eigenvalue weighted by molar-refractivity contribution is -0.00528. The van der Waals surface area contributed by atoms with Crippen molar-refractivity contribution in [2.75, 3.05) is 101 Å². The molecule has 0 aromatic rings. The maximum Gasteiger partial charge on any atom is 0.508 e. The number of carbonyl (C=O) groups excluding carboxylic acids is 4. The maximum absolute atomic E-state index is 11.5. The average Bonchev–Trinajstić information content (AvgIpc) is 3.06. The van der Waals surface area contributed by atoms with Gasteiger partial charge >= 0.3 is 24.5 Å². The van der Waals surface area contributed by atoms with Crippen LogP contribution in [0.25, 0.3) is 0 Å². The van der Waals surface area contributed by atoms with Gasteiger partial charge < -0.3 is 68.6 Å². The molecule has 53 heavy (non-hydrogen) atoms. The van der Waals surface area contributed by atoms with E-state index in [1.165, 1.54) is 0 Å². The highest BCUT2D eigenvalue weighted by Gasteiger charge is 2.25. The summed E-state index contributed by atoms with van der Waals surface area (Å²) >= 11 is 0. The topological polar surface area (TPSA) is 236 Å². The van der Waals surface area contributed by atoms with Crippen LogP contribution in [-0.2, 0) is 42.6 Å². The SMILES string of the molecule is C#CP(C#C)P(C)C.CC(C)(C)OC(=O)NC1COC(=O)OC1.CO.COCCO.COCCOCCOC(=O)OCC(CO)NC(=O)OC(C)(C)C. The molecule has 1 aliphatic rings. The Morgan fingerprint density at radius 2 is 1.34 bits per heavy atom. The zero-order valence-corrected chi connectivity index (χ0v) is 34.7. The average molecular weight is 805 g/mol. The van der Waals surface area contributed by atoms with Crippen LogP contribution in [0, 0.1) is 24.2 Å². The first kappa shape index (κ1) is 56.6. The number of hydrogen-bond donors (Lipinski definition) is 5. The summed E-state index contributed by atoms with van der Waals surface area (Å²) in [5.74, 6) is 0. The second-order valence-electron chi connectivity index (χ2n) is 11.9. The van der Waals surface area contributed by atoms with Crippen molar-refractivity contribution < 1.29 is 77.1 Å². The van der Waals surface area contributed by atoms with E-state index in [9.17, 15) is 19.2 Å². The molecule has 1 rings (SSSR count). The highest BCUT2D eigenvalue weighted by atomic mass is 32.1. The first-order valence-electron chi connectivity index (χ1n) is 16.0. The van der Waals surface area contributed by atoms with Gasteiger partial charge in [0.05, 0.1) is 53.3 Å². The summed E-state index contributed by atoms with van der Waals surface area (Å²) in [6.45, 7) is 15.9. The first-order chi connectivity index (χ1) is 24.8. The second-order valence-corrected chi connectivity index (χ2v) is 18.3. The molecule has 1 saturated heterocycles. The minimum absolute atomic E-state index is 0.0336. The number of carbonyl (C=O) groups is 4. The molecule has 2 amide bonds. The molecule has 1 fully saturated rings. The molecule has 20 heteroatoms. The minimum atomic E-state index is -0.912. The van der Waals surface area contributed by atoms with E-state index in [-0.39, 0.29) is 53.3 Å². The molecule has 0 radical (unpaired) electrons. The van der Waals surface area contributed by atoms with Crippen molar-refractivity contribution in [2.45, 2.75) is 64.8 Å². The van der Waals surface area contributed by atoms with E-state index in [4.69, 9.17) is 56.6 Å². The Bertz CT molecular complexity index is 1010. The summed E-state index contributed by atoms with van der Waals surface area (Å²) in [4.78, 5) is 44.7. The molecular formula is C33H62N2O16P2. The van der Waals surface area contributed by atoms with E-state index in [1.807, 2.05) is 0 Å². The van der Waals surface area contributed by atoms with Gasteiger partial charge in [-0.3, -0.25) is 0 Å². The third kappa shape index (κ3) is 43.1. The van der Waals surface area contributed by atoms with Crippen LogP contribution in [0.5, 0.6) is 0 Å². The molecule has 0 aromatic heterocycles. The molecule has 0 aromatic carbocycles. The number of amides is 2. The predicted molar refractivity (Wildman–Crippen MR) is 201 cm³/mol. The maximum atomic E-state index is 11.5. The van der Waals surface area contributed by atoms with Crippen LogP contribution in [0.4, 0.5) is 19.2 Å². The highest BCUT2D eigenvalue weighted by molar-refractivity contribution is 8.33. The van der Waals surface area contributed by atoms with Gasteiger partial charge in [0.2, 0.25) is 0 Å². The van der Waals surface area contributed by atoms with Crippen LogP contribution in [0.2, 0.25) is 0 Å². The molecular weight excluding hydrogens is 742 g/mol. The van der Waals surface area contributed by atoms with Crippen molar-refractivity contribution in [3.8, 4) is 24.2 Å². The van der Waals surface area contributed by atoms with E-state index in [0.717, 1.165) is 7.11 Å². The third-order valence-corrected chi connectivity index (χ3v) is 9.07. The fourth-order valence-electron chi connectivity index (χ4n) is 2.60. The Balaban J connectivity index is -0.000000340. The fraction of sp³-hybridized carbons (Fsp3) is 0.758. The van der Waals surface area contributed by atoms with E-state index >= 15 is 0 Å². The summed E-state index contributed by atoms with van der Waals surface area (Å²) in [7, 11) is 3.54. The van der Waals surface area contributed by atoms with Crippen LogP contribution in [0.3, 0.4) is 0 Å². The van der Waals surface area contributed by atoms with E-state index < -0.39 is 56.0 Å². The number of alkyl carbamates (subject to hydrolysis) is 2. The van der Waals surface area contributed by atoms with E-state index in [0.29, 0.717) is 19.8 Å². The largest absolute Gasteiger partial charge is 0.508 e. The highest BCUT2D eigenvalue weighted by Crippen LogP contribution is 2.62. The van der Waals surface area contributed by atoms with E-state index in [1.54, 1.807) is 55.8 Å². The Morgan fingerprint density at radius 3 is 1.72 bits per heavy atom. The lowest BCUT2D eigenvalue weighted by Crippen LogP contribution is -2.47. The third-order valence-electron chi connectivity index (χ3n) is 4.69. The number of cyclic esters (lactones) is 2. The lowest BCUT2D eigenvalue weighted by atomic mass is 10.2. The fourth-order valence-corrected chi connectivity index (χ4v) is 4.52. The number of nitrogens with one attached hydrogen (secondary N) is 2. The molecule has 18 nitrogen and oxygen atoms in total. The quantitative estimate of drug-likeness (QED) is 0.0557. The minimum Gasteiger partial charge on any atom is -0.444 e. The molecule has 310 valence electrons. The van der Waals surface area contributed by atoms with Crippen molar-refractivity contribution in [1.82, 2.24) is 10.6 Å². The molecule has 0 bridgehead atoms. The number of rotatable bonds is 14. The van der Waals surface area contributed by atoms with Crippen LogP contribution in [-0.4, -0.2) is 164 Å². The van der Waals surface area contributed by atoms with Crippen LogP contribution < -0.4 is 10.6 Å². The molecule has 1 unspecified atom stereocenters. The standard InChI is InChI=1S/C14H27NO8.C9H15NO5.C6H8P2.C3H8O2.CH4O/c1-14(2,3)23-12(17)15-11(9-16)10-22-13(18)21-8-7-20-6-5-19-4;1-9(2,3)15-7(11)10-6-4-13-8(12)14-5-6;1-5-8(6-2)7(3)4;1-5-3-2-4;1-2/h11,16H,5-10H2,1-4H3,(H,15,17);6H,4-5H2,1-3H3,(H,10,11);1-2H,3-4H3;4H,2-3H2,1H3;2H,1H3. The smallest absolute Gasteiger partial charge is 0.444 e. The summed E-state index contributed by atoms with van der Waals surface area (Å²) in [5.41, 5.74) is 4.01. The molecule has 0 saturated carbocycles. The number of aliphatic hydroxyl groups excluding tert-OH is 3. The van der Waals surface area contributed by atoms with Crippen molar-refractivity contribution >= 4 is 39.7 Å². The normalized spacial score (nSPS) is 12.6. The molecule has 1 aliphatic heterocycles. The summed E-state index contributed by atoms with van der Waals surface area (Å²) in [6, 6.07) is -1.13. The number of terminal acetylenes is 2. The van der Waals surface area contributed by atoms with Gasteiger partial charge in [0.1, 0.15) is 43.7 Å². The van der Waals surface area contributed by atoms with Gasteiger partial charge in [-0.1, -0.05) is 18.9 Å². The number of ether oxygens (including phenoxy) is 9. The Morgan fingerprint density at radius 1 is 0.849 bits per heavy atom. The zero-order chi connectivity index (χ0) is 41.9. The van der Waals surface area contributed by atoms with Gasteiger partial charge in [0.25, 0.3) is 0 Å². The van der Waals surface area contributed by atoms with Crippen molar-refractivity contribution in [3.05, 3.63) is 0 Å². The predicted octanol–water partition coefficient (Wildman–Crippen LogP) is 3.27. The van der Waals surface area contributed by atoms with Gasteiger partial charge in [-0.15, -0.1) is 12.8 Å². The number of methoxy groups -OCH3 is 2. The van der Waals surface area contributed by atoms with Gasteiger partial charge in [-0.25, -0.2) is 19.2 Å². The molecule has 0 aliphatic carbocycles. The van der Waals surface area contributed by atoms with Crippen LogP contribution >= 0.6 is 15.2 Å². The molecule has 5 N–H and O–H groups in total. The van der Waals surface area contributed by atoms with Crippen molar-refractivity contribution in [2.24, 2.45) is 0 Å². The first-order valence-corrected chi connectivity index (χ1v) is 20.3. The van der Waals surface area contributed by atoms with Gasteiger partial charge in [0.15, 0.2) is 0 Å².